The molecule has 0 saturated carbocycles. The summed E-state index contributed by atoms with van der Waals surface area (Å²) >= 11 is 1.33. The van der Waals surface area contributed by atoms with Gasteiger partial charge in [-0.3, -0.25) is 0 Å². The third-order valence-corrected chi connectivity index (χ3v) is 2.57. The van der Waals surface area contributed by atoms with E-state index in [-0.39, 0.29) is 29.6 Å². The molecule has 60 valence electrons. The van der Waals surface area contributed by atoms with Gasteiger partial charge in [-0.05, 0) is 13.8 Å². The van der Waals surface area contributed by atoms with Crippen LogP contribution in [0.15, 0.2) is 11.6 Å². The fourth-order valence-electron chi connectivity index (χ4n) is 0.619. The summed E-state index contributed by atoms with van der Waals surface area (Å²) in [6, 6.07) is 0. The van der Waals surface area contributed by atoms with Crippen molar-refractivity contribution in [1.82, 2.24) is 4.98 Å². The van der Waals surface area contributed by atoms with Crippen molar-refractivity contribution in [1.29, 1.82) is 0 Å². The maximum Gasteiger partial charge on any atom is 1.00 e. The topological polar surface area (TPSA) is 53.0 Å². The molecule has 5 heteroatoms. The van der Waals surface area contributed by atoms with Gasteiger partial charge in [-0.15, -0.1) is 11.3 Å². The number of carbonyl (C=O) groups excluding carboxylic acids is 1. The Morgan fingerprint density at radius 1 is 1.67 bits per heavy atom. The van der Waals surface area contributed by atoms with Crippen molar-refractivity contribution in [2.75, 3.05) is 0 Å². The third-order valence-electron chi connectivity index (χ3n) is 1.48. The van der Waals surface area contributed by atoms with Crippen molar-refractivity contribution < 1.29 is 39.5 Å². The molecule has 0 bridgehead atoms. The van der Waals surface area contributed by atoms with E-state index in [0.717, 1.165) is 0 Å². The second kappa shape index (κ2) is 4.37. The number of aliphatic carboxylic acids is 1. The summed E-state index contributed by atoms with van der Waals surface area (Å²) in [5.41, 5.74) is -0.964. The van der Waals surface area contributed by atoms with Gasteiger partial charge in [0.2, 0.25) is 0 Å². The van der Waals surface area contributed by atoms with Crippen LogP contribution in [-0.2, 0) is 10.2 Å². The largest absolute Gasteiger partial charge is 1.00 e. The smallest absolute Gasteiger partial charge is 0.549 e. The Balaban J connectivity index is 0.00000121. The van der Waals surface area contributed by atoms with Crippen molar-refractivity contribution in [3.05, 3.63) is 16.6 Å². The van der Waals surface area contributed by atoms with Gasteiger partial charge in [0, 0.05) is 11.6 Å². The molecule has 1 aromatic rings. The van der Waals surface area contributed by atoms with Crippen molar-refractivity contribution in [2.45, 2.75) is 19.3 Å². The van der Waals surface area contributed by atoms with E-state index < -0.39 is 11.4 Å². The van der Waals surface area contributed by atoms with Crippen LogP contribution in [0.3, 0.4) is 0 Å². The predicted octanol–water partition coefficient (Wildman–Crippen LogP) is -2.83. The normalized spacial score (nSPS) is 10.5. The molecule has 0 N–H and O–H groups in total. The second-order valence-electron chi connectivity index (χ2n) is 2.75. The zero-order valence-electron chi connectivity index (χ0n) is 7.33. The molecule has 0 atom stereocenters. The van der Waals surface area contributed by atoms with Crippen molar-refractivity contribution >= 4 is 17.3 Å². The van der Waals surface area contributed by atoms with Crippen LogP contribution in [0.4, 0.5) is 0 Å². The van der Waals surface area contributed by atoms with E-state index in [1.54, 1.807) is 25.4 Å². The third kappa shape index (κ3) is 2.29. The molecule has 0 aliphatic rings. The van der Waals surface area contributed by atoms with E-state index in [1.165, 1.54) is 11.3 Å². The molecule has 0 aliphatic heterocycles. The minimum Gasteiger partial charge on any atom is -0.549 e. The zero-order valence-corrected chi connectivity index (χ0v) is 10.1. The molecule has 0 fully saturated rings. The maximum absolute atomic E-state index is 10.6. The molecule has 0 saturated heterocycles. The van der Waals surface area contributed by atoms with Gasteiger partial charge in [0.05, 0.1) is 11.4 Å². The second-order valence-corrected chi connectivity index (χ2v) is 3.64. The first-order valence-electron chi connectivity index (χ1n) is 3.16. The Morgan fingerprint density at radius 2 is 2.25 bits per heavy atom. The van der Waals surface area contributed by atoms with Crippen LogP contribution in [-0.4, -0.2) is 11.0 Å². The van der Waals surface area contributed by atoms with Gasteiger partial charge in [-0.2, -0.15) is 0 Å². The minimum atomic E-state index is -1.09. The number of aromatic nitrogens is 1. The van der Waals surface area contributed by atoms with E-state index in [2.05, 4.69) is 4.98 Å². The summed E-state index contributed by atoms with van der Waals surface area (Å²) in [6.45, 7) is 3.17. The quantitative estimate of drug-likeness (QED) is 0.476. The zero-order chi connectivity index (χ0) is 8.48. The van der Waals surface area contributed by atoms with Gasteiger partial charge < -0.3 is 9.90 Å². The summed E-state index contributed by atoms with van der Waals surface area (Å²) in [7, 11) is 0. The average Bonchev–Trinajstić information content (AvgIpc) is 2.37. The van der Waals surface area contributed by atoms with Crippen molar-refractivity contribution in [3.8, 4) is 0 Å². The molecule has 0 aromatic carbocycles. The standard InChI is InChI=1S/C7H9NO2S.Na/c1-7(2,6(9)10)5-8-3-4-11-5;/h3-4H,1-2H3,(H,9,10);/q;+1/p-1. The molecule has 0 amide bonds. The maximum atomic E-state index is 10.6. The summed E-state index contributed by atoms with van der Waals surface area (Å²) in [5, 5.41) is 12.9. The van der Waals surface area contributed by atoms with Crippen LogP contribution in [0.1, 0.15) is 18.9 Å². The number of hydrogen-bond donors (Lipinski definition) is 0. The number of hydrogen-bond acceptors (Lipinski definition) is 4. The van der Waals surface area contributed by atoms with Gasteiger partial charge >= 0.3 is 29.6 Å². The summed E-state index contributed by atoms with van der Waals surface area (Å²) in [6.07, 6.45) is 1.59. The van der Waals surface area contributed by atoms with Crippen LogP contribution in [0.25, 0.3) is 0 Å². The van der Waals surface area contributed by atoms with Crippen LogP contribution in [0.5, 0.6) is 0 Å². The number of carbonyl (C=O) groups is 1. The Labute approximate surface area is 97.1 Å². The van der Waals surface area contributed by atoms with E-state index in [1.807, 2.05) is 0 Å². The van der Waals surface area contributed by atoms with Gasteiger partial charge in [0.15, 0.2) is 0 Å². The number of carboxylic acids is 1. The van der Waals surface area contributed by atoms with E-state index in [4.69, 9.17) is 0 Å². The molecule has 1 rings (SSSR count). The van der Waals surface area contributed by atoms with Gasteiger partial charge in [0.25, 0.3) is 0 Å². The Morgan fingerprint density at radius 3 is 2.58 bits per heavy atom. The van der Waals surface area contributed by atoms with Crippen LogP contribution in [0.2, 0.25) is 0 Å². The average molecular weight is 193 g/mol. The molecule has 3 nitrogen and oxygen atoms in total. The Hall–Kier alpha value is 0.1000. The monoisotopic (exact) mass is 193 g/mol. The molecule has 1 aromatic heterocycles. The van der Waals surface area contributed by atoms with E-state index in [9.17, 15) is 9.90 Å². The number of nitrogens with zero attached hydrogens (tertiary/aromatic N) is 1. The molecular weight excluding hydrogens is 185 g/mol. The van der Waals surface area contributed by atoms with Gasteiger partial charge in [-0.25, -0.2) is 4.98 Å². The SMILES string of the molecule is CC(C)(C(=O)[O-])c1nccs1.[Na+]. The Kier molecular flexibility index (Phi) is 4.40. The summed E-state index contributed by atoms with van der Waals surface area (Å²) in [4.78, 5) is 14.5. The number of rotatable bonds is 2. The van der Waals surface area contributed by atoms with Crippen LogP contribution < -0.4 is 34.7 Å². The number of carboxylic acid groups (broad SMARTS) is 1. The molecule has 0 spiro atoms. The van der Waals surface area contributed by atoms with Crippen LogP contribution >= 0.6 is 11.3 Å². The fraction of sp³-hybridized carbons (Fsp3) is 0.429. The first-order chi connectivity index (χ1) is 5.05. The summed E-state index contributed by atoms with van der Waals surface area (Å²) < 4.78 is 0. The first-order valence-corrected chi connectivity index (χ1v) is 4.04. The van der Waals surface area contributed by atoms with E-state index >= 15 is 0 Å². The van der Waals surface area contributed by atoms with Crippen molar-refractivity contribution in [2.24, 2.45) is 0 Å². The predicted molar refractivity (Wildman–Crippen MR) is 40.1 cm³/mol. The molecular formula is C7H8NNaO2S. The van der Waals surface area contributed by atoms with Gasteiger partial charge in [-0.1, -0.05) is 0 Å². The van der Waals surface area contributed by atoms with Crippen LogP contribution in [0, 0.1) is 0 Å². The van der Waals surface area contributed by atoms with Gasteiger partial charge in [0.1, 0.15) is 5.01 Å². The molecule has 0 unspecified atom stereocenters. The summed E-state index contributed by atoms with van der Waals surface area (Å²) in [5.74, 6) is -1.09. The molecule has 0 radical (unpaired) electrons. The molecule has 1 heterocycles. The molecule has 0 aliphatic carbocycles. The van der Waals surface area contributed by atoms with Crippen molar-refractivity contribution in [3.63, 3.8) is 0 Å². The Bertz CT molecular complexity index is 258. The minimum absolute atomic E-state index is 0. The first kappa shape index (κ1) is 12.1. The van der Waals surface area contributed by atoms with E-state index in [0.29, 0.717) is 5.01 Å². The molecule has 12 heavy (non-hydrogen) atoms. The number of thiazole rings is 1. The fourth-order valence-corrected chi connectivity index (χ4v) is 1.37.